The third kappa shape index (κ3) is 3.75. The number of amides is 1. The highest BCUT2D eigenvalue weighted by molar-refractivity contribution is 7.98. The molecule has 0 saturated heterocycles. The van der Waals surface area contributed by atoms with E-state index in [-0.39, 0.29) is 24.5 Å². The zero-order valence-electron chi connectivity index (χ0n) is 10.4. The van der Waals surface area contributed by atoms with Gasteiger partial charge in [0, 0.05) is 4.90 Å². The highest BCUT2D eigenvalue weighted by Crippen LogP contribution is 2.19. The van der Waals surface area contributed by atoms with E-state index in [9.17, 15) is 9.90 Å². The number of hydrogen-bond donors (Lipinski definition) is 2. The van der Waals surface area contributed by atoms with E-state index in [0.29, 0.717) is 5.56 Å². The van der Waals surface area contributed by atoms with Crippen molar-refractivity contribution in [2.45, 2.75) is 24.8 Å². The number of carbonyl (C=O) groups is 1. The van der Waals surface area contributed by atoms with Gasteiger partial charge in [-0.2, -0.15) is 0 Å². The van der Waals surface area contributed by atoms with Gasteiger partial charge < -0.3 is 10.4 Å². The molecule has 0 radical (unpaired) electrons. The first-order valence-corrected chi connectivity index (χ1v) is 6.87. The number of hydrogen-bond acceptors (Lipinski definition) is 3. The Balaban J connectivity index is 2.82. The Bertz CT molecular complexity index is 379. The molecule has 94 valence electrons. The van der Waals surface area contributed by atoms with Crippen LogP contribution in [0, 0.1) is 5.92 Å². The predicted molar refractivity (Wildman–Crippen MR) is 71.4 cm³/mol. The van der Waals surface area contributed by atoms with Crippen molar-refractivity contribution < 1.29 is 9.90 Å². The van der Waals surface area contributed by atoms with Gasteiger partial charge in [0.2, 0.25) is 0 Å². The smallest absolute Gasteiger partial charge is 0.252 e. The largest absolute Gasteiger partial charge is 0.394 e. The lowest BCUT2D eigenvalue weighted by Crippen LogP contribution is -2.41. The molecule has 0 aromatic heterocycles. The van der Waals surface area contributed by atoms with E-state index in [2.05, 4.69) is 5.32 Å². The summed E-state index contributed by atoms with van der Waals surface area (Å²) in [5.41, 5.74) is 0.666. The minimum absolute atomic E-state index is 0.0369. The van der Waals surface area contributed by atoms with Crippen LogP contribution in [0.2, 0.25) is 0 Å². The molecule has 0 unspecified atom stereocenters. The zero-order chi connectivity index (χ0) is 12.8. The Labute approximate surface area is 107 Å². The number of benzene rings is 1. The lowest BCUT2D eigenvalue weighted by Gasteiger charge is -2.20. The Hall–Kier alpha value is -1.00. The van der Waals surface area contributed by atoms with E-state index < -0.39 is 0 Å². The maximum Gasteiger partial charge on any atom is 0.252 e. The Kier molecular flexibility index (Phi) is 5.51. The minimum atomic E-state index is -0.197. The van der Waals surface area contributed by atoms with Gasteiger partial charge in [0.05, 0.1) is 18.2 Å². The van der Waals surface area contributed by atoms with Crippen LogP contribution in [0.3, 0.4) is 0 Å². The van der Waals surface area contributed by atoms with Gasteiger partial charge in [0.1, 0.15) is 0 Å². The van der Waals surface area contributed by atoms with E-state index in [1.54, 1.807) is 17.8 Å². The molecule has 0 aliphatic carbocycles. The normalized spacial score (nSPS) is 12.5. The van der Waals surface area contributed by atoms with Gasteiger partial charge in [0.25, 0.3) is 5.91 Å². The number of rotatable bonds is 5. The van der Waals surface area contributed by atoms with Crippen molar-refractivity contribution in [2.75, 3.05) is 12.9 Å². The second kappa shape index (κ2) is 6.67. The van der Waals surface area contributed by atoms with Crippen LogP contribution in [-0.2, 0) is 0 Å². The summed E-state index contributed by atoms with van der Waals surface area (Å²) in [7, 11) is 0. The second-order valence-corrected chi connectivity index (χ2v) is 5.05. The van der Waals surface area contributed by atoms with Crippen molar-refractivity contribution in [2.24, 2.45) is 5.92 Å². The van der Waals surface area contributed by atoms with Gasteiger partial charge in [-0.25, -0.2) is 0 Å². The molecule has 1 amide bonds. The Morgan fingerprint density at radius 1 is 1.41 bits per heavy atom. The molecule has 17 heavy (non-hydrogen) atoms. The number of thioether (sulfide) groups is 1. The van der Waals surface area contributed by atoms with Gasteiger partial charge in [-0.1, -0.05) is 26.0 Å². The fraction of sp³-hybridized carbons (Fsp3) is 0.462. The van der Waals surface area contributed by atoms with Crippen molar-refractivity contribution in [1.82, 2.24) is 5.32 Å². The molecule has 2 N–H and O–H groups in total. The summed E-state index contributed by atoms with van der Waals surface area (Å²) in [6.45, 7) is 3.91. The predicted octanol–water partition coefficient (Wildman–Crippen LogP) is 2.16. The molecule has 3 nitrogen and oxygen atoms in total. The molecule has 1 aromatic rings. The van der Waals surface area contributed by atoms with Gasteiger partial charge in [-0.15, -0.1) is 11.8 Å². The standard InChI is InChI=1S/C13H19NO2S/c1-9(2)11(8-15)14-13(16)10-6-4-5-7-12(10)17-3/h4-7,9,11,15H,8H2,1-3H3,(H,14,16)/t11-/m1/s1. The molecule has 0 spiro atoms. The molecule has 4 heteroatoms. The van der Waals surface area contributed by atoms with E-state index in [4.69, 9.17) is 0 Å². The molecule has 1 atom stereocenters. The number of carbonyl (C=O) groups excluding carboxylic acids is 1. The van der Waals surface area contributed by atoms with Crippen molar-refractivity contribution in [1.29, 1.82) is 0 Å². The molecule has 1 aromatic carbocycles. The molecular formula is C13H19NO2S. The summed E-state index contributed by atoms with van der Waals surface area (Å²) in [6.07, 6.45) is 1.94. The van der Waals surface area contributed by atoms with Crippen LogP contribution in [0.5, 0.6) is 0 Å². The Morgan fingerprint density at radius 3 is 2.59 bits per heavy atom. The molecule has 0 saturated carbocycles. The van der Waals surface area contributed by atoms with Crippen LogP contribution in [0.15, 0.2) is 29.2 Å². The van der Waals surface area contributed by atoms with Crippen molar-refractivity contribution >= 4 is 17.7 Å². The van der Waals surface area contributed by atoms with Crippen molar-refractivity contribution in [3.63, 3.8) is 0 Å². The molecule has 0 aliphatic heterocycles. The van der Waals surface area contributed by atoms with Crippen LogP contribution >= 0.6 is 11.8 Å². The summed E-state index contributed by atoms with van der Waals surface area (Å²) in [6, 6.07) is 7.28. The molecule has 0 aliphatic rings. The van der Waals surface area contributed by atoms with Crippen LogP contribution in [-0.4, -0.2) is 29.9 Å². The first kappa shape index (κ1) is 14.1. The molecule has 0 bridgehead atoms. The summed E-state index contributed by atoms with van der Waals surface area (Å²) in [4.78, 5) is 13.0. The van der Waals surface area contributed by atoms with E-state index in [0.717, 1.165) is 4.90 Å². The fourth-order valence-corrected chi connectivity index (χ4v) is 2.10. The van der Waals surface area contributed by atoms with Crippen LogP contribution in [0.25, 0.3) is 0 Å². The van der Waals surface area contributed by atoms with Crippen molar-refractivity contribution in [3.05, 3.63) is 29.8 Å². The SMILES string of the molecule is CSc1ccccc1C(=O)N[C@H](CO)C(C)C. The third-order valence-corrected chi connectivity index (χ3v) is 3.47. The number of aliphatic hydroxyl groups excluding tert-OH is 1. The lowest BCUT2D eigenvalue weighted by molar-refractivity contribution is 0.0894. The summed E-state index contributed by atoms with van der Waals surface area (Å²) in [5, 5.41) is 12.1. The molecule has 0 heterocycles. The van der Waals surface area contributed by atoms with Gasteiger partial charge in [0.15, 0.2) is 0 Å². The first-order chi connectivity index (χ1) is 8.10. The topological polar surface area (TPSA) is 49.3 Å². The van der Waals surface area contributed by atoms with Gasteiger partial charge in [-0.3, -0.25) is 4.79 Å². The zero-order valence-corrected chi connectivity index (χ0v) is 11.3. The highest BCUT2D eigenvalue weighted by Gasteiger charge is 2.17. The Morgan fingerprint density at radius 2 is 2.06 bits per heavy atom. The molecule has 0 fully saturated rings. The monoisotopic (exact) mass is 253 g/mol. The van der Waals surface area contributed by atoms with E-state index in [1.165, 1.54) is 0 Å². The summed E-state index contributed by atoms with van der Waals surface area (Å²) in [5.74, 6) is 0.0908. The van der Waals surface area contributed by atoms with Gasteiger partial charge in [-0.05, 0) is 24.3 Å². The lowest BCUT2D eigenvalue weighted by atomic mass is 10.0. The van der Waals surface area contributed by atoms with Gasteiger partial charge >= 0.3 is 0 Å². The highest BCUT2D eigenvalue weighted by atomic mass is 32.2. The average Bonchev–Trinajstić information content (AvgIpc) is 2.35. The maximum absolute atomic E-state index is 12.1. The van der Waals surface area contributed by atoms with E-state index in [1.807, 2.05) is 38.3 Å². The second-order valence-electron chi connectivity index (χ2n) is 4.21. The van der Waals surface area contributed by atoms with Crippen LogP contribution in [0.4, 0.5) is 0 Å². The maximum atomic E-state index is 12.1. The van der Waals surface area contributed by atoms with Crippen LogP contribution in [0.1, 0.15) is 24.2 Å². The minimum Gasteiger partial charge on any atom is -0.394 e. The fourth-order valence-electron chi connectivity index (χ4n) is 1.50. The molecule has 1 rings (SSSR count). The summed E-state index contributed by atoms with van der Waals surface area (Å²) >= 11 is 1.54. The summed E-state index contributed by atoms with van der Waals surface area (Å²) < 4.78 is 0. The van der Waals surface area contributed by atoms with Crippen LogP contribution < -0.4 is 5.32 Å². The third-order valence-electron chi connectivity index (χ3n) is 2.67. The average molecular weight is 253 g/mol. The number of aliphatic hydroxyl groups is 1. The molecular weight excluding hydrogens is 234 g/mol. The first-order valence-electron chi connectivity index (χ1n) is 5.65. The van der Waals surface area contributed by atoms with E-state index >= 15 is 0 Å². The quantitative estimate of drug-likeness (QED) is 0.791. The number of nitrogens with one attached hydrogen (secondary N) is 1. The van der Waals surface area contributed by atoms with Crippen molar-refractivity contribution in [3.8, 4) is 0 Å².